The van der Waals surface area contributed by atoms with E-state index in [9.17, 15) is 0 Å². The summed E-state index contributed by atoms with van der Waals surface area (Å²) in [4.78, 5) is 45.0. The summed E-state index contributed by atoms with van der Waals surface area (Å²) < 4.78 is 16.0. The van der Waals surface area contributed by atoms with Crippen LogP contribution in [0.3, 0.4) is 0 Å². The number of benzene rings is 20. The Morgan fingerprint density at radius 2 is 0.503 bits per heavy atom. The topological polar surface area (TPSA) is 144 Å². The molecule has 0 radical (unpaired) electrons. The van der Waals surface area contributed by atoms with Gasteiger partial charge in [-0.1, -0.05) is 406 Å². The maximum absolute atomic E-state index is 6.46. The van der Waals surface area contributed by atoms with E-state index >= 15 is 0 Å². The van der Waals surface area contributed by atoms with Gasteiger partial charge >= 0.3 is 0 Å². The molecule has 14 heteroatoms. The normalized spacial score (nSPS) is 11.5. The number of rotatable bonds is 15. The van der Waals surface area contributed by atoms with Gasteiger partial charge in [0.05, 0.1) is 33.1 Å². The summed E-state index contributed by atoms with van der Waals surface area (Å²) >= 11 is 1.88. The molecule has 0 aliphatic heterocycles. The summed E-state index contributed by atoms with van der Waals surface area (Å²) in [5.41, 5.74) is 27.3. The van der Waals surface area contributed by atoms with Crippen LogP contribution in [0.15, 0.2) is 502 Å². The van der Waals surface area contributed by atoms with Gasteiger partial charge < -0.3 is 13.6 Å². The van der Waals surface area contributed by atoms with Crippen molar-refractivity contribution < 1.29 is 4.42 Å². The number of hydrogen-bond donors (Lipinski definition) is 0. The van der Waals surface area contributed by atoms with Crippen LogP contribution in [-0.4, -0.2) is 58.6 Å². The number of fused-ring (bicyclic) bond motifs is 16. The SMILES string of the molecule is c1ccc(-c2ccc3c4c5sc6ccccc6c5ccc4n(-c4ccc(-c5nc(-c6ccccc6)nc(-c6ccccc6)n5)cc4)c3c2)cc1.c1ccc(-c2ccc3c4ccccc4n(-c4cccc(-c5nc(-c6ccccc6)nc(-c6ccccc6)n5)c4)c3c2)cc1.c1ccc(-c2cccc(-c3nc(-c4ccccc4)nc(-n4c5ccccc5c5ccc(-c6cccc7c6oc6ccccc67)cc54)n3)c2)cc1. The molecule has 0 atom stereocenters. The van der Waals surface area contributed by atoms with Crippen LogP contribution in [-0.2, 0) is 0 Å². The molecule has 28 aromatic rings. The second kappa shape index (κ2) is 36.4. The molecule has 0 N–H and O–H groups in total. The number of furan rings is 1. The molecule has 0 amide bonds. The number of nitrogens with zero attached hydrogens (tertiary/aromatic N) is 12. The van der Waals surface area contributed by atoms with Gasteiger partial charge in [0, 0.05) is 125 Å². The standard InChI is InChI=1S/C45H28N4O.C45H28N4S.C39H26N4/c1-3-13-29(14-4-1)31-17-11-18-33(27-31)44-46-43(30-15-5-2-6-16-30)47-45(48-44)49-39-23-9-7-19-35(39)36-26-25-32(28-40(36)49)34-21-12-22-38-37-20-8-10-24-41(37)50-42(34)38;1-4-12-29(13-5-1)33-22-25-37-39(28-33)49(38-27-26-36-35-18-10-11-19-40(35)50-42(36)41(37)38)34-23-20-32(21-24-34)45-47-43(30-14-6-2-7-15-30)46-44(48-45)31-16-8-3-9-17-31;1-4-13-27(14-5-1)30-23-24-34-33-21-10-11-22-35(33)43(36(34)26-30)32-20-12-19-31(25-32)39-41-37(28-15-6-2-7-16-28)40-38(42-39)29-17-8-3-9-18-29/h2*1-28H;1-26H. The quantitative estimate of drug-likeness (QED) is 0.0973. The minimum atomic E-state index is 0.560. The lowest BCUT2D eigenvalue weighted by Gasteiger charge is -2.12. The zero-order chi connectivity index (χ0) is 94.6. The fourth-order valence-electron chi connectivity index (χ4n) is 20.0. The maximum Gasteiger partial charge on any atom is 0.238 e. The average molecular weight is 1850 g/mol. The highest BCUT2D eigenvalue weighted by Crippen LogP contribution is 2.47. The third kappa shape index (κ3) is 15.8. The molecule has 670 valence electrons. The van der Waals surface area contributed by atoms with E-state index in [2.05, 4.69) is 341 Å². The van der Waals surface area contributed by atoms with Crippen molar-refractivity contribution in [3.8, 4) is 153 Å². The van der Waals surface area contributed by atoms with E-state index in [1.54, 1.807) is 0 Å². The maximum atomic E-state index is 6.46. The molecular weight excluding hydrogens is 1770 g/mol. The second-order valence-corrected chi connectivity index (χ2v) is 36.5. The van der Waals surface area contributed by atoms with Gasteiger partial charge in [-0.2, -0.15) is 9.97 Å². The predicted molar refractivity (Wildman–Crippen MR) is 588 cm³/mol. The Balaban J connectivity index is 0.000000110. The number of thiophene rings is 1. The van der Waals surface area contributed by atoms with E-state index in [0.717, 1.165) is 133 Å². The van der Waals surface area contributed by atoms with Crippen LogP contribution in [0.1, 0.15) is 0 Å². The Hall–Kier alpha value is -19.2. The predicted octanol–water partition coefficient (Wildman–Crippen LogP) is 33.2. The van der Waals surface area contributed by atoms with E-state index in [4.69, 9.17) is 49.3 Å². The van der Waals surface area contributed by atoms with E-state index in [1.165, 1.54) is 75.0 Å². The van der Waals surface area contributed by atoms with Crippen molar-refractivity contribution in [2.45, 2.75) is 0 Å². The molecule has 0 aliphatic rings. The zero-order valence-electron chi connectivity index (χ0n) is 77.0. The van der Waals surface area contributed by atoms with E-state index in [-0.39, 0.29) is 0 Å². The van der Waals surface area contributed by atoms with Gasteiger partial charge in [0.1, 0.15) is 11.2 Å². The first kappa shape index (κ1) is 84.4. The molecule has 0 aliphatic carbocycles. The lowest BCUT2D eigenvalue weighted by molar-refractivity contribution is 0.670. The molecule has 8 heterocycles. The molecule has 0 saturated carbocycles. The first-order valence-electron chi connectivity index (χ1n) is 47.8. The third-order valence-corrected chi connectivity index (χ3v) is 28.0. The molecular formula is C129H82N12OS. The van der Waals surface area contributed by atoms with Crippen LogP contribution in [0.2, 0.25) is 0 Å². The van der Waals surface area contributed by atoms with Crippen molar-refractivity contribution in [2.75, 3.05) is 0 Å². The summed E-state index contributed by atoms with van der Waals surface area (Å²) in [6, 6.07) is 173. The molecule has 8 aromatic heterocycles. The van der Waals surface area contributed by atoms with Gasteiger partial charge in [-0.25, -0.2) is 34.9 Å². The van der Waals surface area contributed by atoms with E-state index in [1.807, 2.05) is 181 Å². The summed E-state index contributed by atoms with van der Waals surface area (Å²) in [6.07, 6.45) is 0. The molecule has 0 bridgehead atoms. The van der Waals surface area contributed by atoms with Crippen LogP contribution < -0.4 is 0 Å². The molecule has 0 unspecified atom stereocenters. The van der Waals surface area contributed by atoms with Gasteiger partial charge in [0.15, 0.2) is 46.6 Å². The Bertz CT molecular complexity index is 9580. The second-order valence-electron chi connectivity index (χ2n) is 35.5. The van der Waals surface area contributed by atoms with E-state index < -0.39 is 0 Å². The molecule has 0 spiro atoms. The summed E-state index contributed by atoms with van der Waals surface area (Å²) in [6.45, 7) is 0. The van der Waals surface area contributed by atoms with Gasteiger partial charge in [-0.05, 0) is 130 Å². The van der Waals surface area contributed by atoms with Gasteiger partial charge in [0.2, 0.25) is 5.95 Å². The summed E-state index contributed by atoms with van der Waals surface area (Å²) in [5, 5.41) is 12.1. The fraction of sp³-hybridized carbons (Fsp3) is 0. The molecule has 143 heavy (non-hydrogen) atoms. The number of aromatic nitrogens is 12. The summed E-state index contributed by atoms with van der Waals surface area (Å²) in [7, 11) is 0. The van der Waals surface area contributed by atoms with Crippen molar-refractivity contribution in [3.63, 3.8) is 0 Å². The van der Waals surface area contributed by atoms with Crippen molar-refractivity contribution in [1.29, 1.82) is 0 Å². The highest BCUT2D eigenvalue weighted by molar-refractivity contribution is 7.26. The van der Waals surface area contributed by atoms with Crippen molar-refractivity contribution >= 4 is 119 Å². The molecule has 20 aromatic carbocycles. The zero-order valence-corrected chi connectivity index (χ0v) is 77.8. The largest absolute Gasteiger partial charge is 0.455 e. The van der Waals surface area contributed by atoms with Crippen LogP contribution in [0.25, 0.3) is 260 Å². The molecule has 28 rings (SSSR count). The molecule has 0 saturated heterocycles. The molecule has 0 fully saturated rings. The van der Waals surface area contributed by atoms with Gasteiger partial charge in [0.25, 0.3) is 0 Å². The van der Waals surface area contributed by atoms with Crippen molar-refractivity contribution in [1.82, 2.24) is 58.6 Å². The van der Waals surface area contributed by atoms with Crippen LogP contribution in [0.5, 0.6) is 0 Å². The Morgan fingerprint density at radius 3 is 1.03 bits per heavy atom. The van der Waals surface area contributed by atoms with E-state index in [0.29, 0.717) is 52.5 Å². The highest BCUT2D eigenvalue weighted by atomic mass is 32.1. The lowest BCUT2D eigenvalue weighted by atomic mass is 10.0. The fourth-order valence-corrected chi connectivity index (χ4v) is 21.2. The monoisotopic (exact) mass is 1850 g/mol. The van der Waals surface area contributed by atoms with Crippen molar-refractivity contribution in [2.24, 2.45) is 0 Å². The van der Waals surface area contributed by atoms with Gasteiger partial charge in [-0.3, -0.25) is 4.57 Å². The summed E-state index contributed by atoms with van der Waals surface area (Å²) in [5.74, 6) is 5.68. The Kier molecular flexibility index (Phi) is 21.5. The van der Waals surface area contributed by atoms with Crippen LogP contribution in [0.4, 0.5) is 0 Å². The minimum absolute atomic E-state index is 0.560. The smallest absolute Gasteiger partial charge is 0.238 e. The minimum Gasteiger partial charge on any atom is -0.455 e. The Labute approximate surface area is 826 Å². The highest BCUT2D eigenvalue weighted by Gasteiger charge is 2.26. The van der Waals surface area contributed by atoms with Crippen molar-refractivity contribution in [3.05, 3.63) is 497 Å². The number of hydrogen-bond acceptors (Lipinski definition) is 11. The van der Waals surface area contributed by atoms with Crippen LogP contribution in [0, 0.1) is 0 Å². The van der Waals surface area contributed by atoms with Crippen LogP contribution >= 0.6 is 11.3 Å². The first-order chi connectivity index (χ1) is 70.9. The number of para-hydroxylation sites is 4. The molecule has 13 nitrogen and oxygen atoms in total. The Morgan fingerprint density at radius 1 is 0.175 bits per heavy atom. The third-order valence-electron chi connectivity index (χ3n) is 26.8. The average Bonchev–Trinajstić information content (AvgIpc) is 1.56. The first-order valence-corrected chi connectivity index (χ1v) is 48.6. The van der Waals surface area contributed by atoms with Gasteiger partial charge in [-0.15, -0.1) is 11.3 Å². The lowest BCUT2D eigenvalue weighted by Crippen LogP contribution is -2.06.